The van der Waals surface area contributed by atoms with E-state index in [9.17, 15) is 4.39 Å². The number of benzene rings is 2. The highest BCUT2D eigenvalue weighted by Crippen LogP contribution is 2.33. The summed E-state index contributed by atoms with van der Waals surface area (Å²) in [5, 5.41) is 3.92. The molecule has 106 valence electrons. The Bertz CT molecular complexity index is 774. The molecule has 1 N–H and O–H groups in total. The van der Waals surface area contributed by atoms with Crippen molar-refractivity contribution in [3.8, 4) is 0 Å². The van der Waals surface area contributed by atoms with Gasteiger partial charge >= 0.3 is 0 Å². The highest BCUT2D eigenvalue weighted by Gasteiger charge is 2.22. The van der Waals surface area contributed by atoms with Gasteiger partial charge in [0.15, 0.2) is 0 Å². The van der Waals surface area contributed by atoms with Crippen LogP contribution in [0.3, 0.4) is 0 Å². The summed E-state index contributed by atoms with van der Waals surface area (Å²) in [4.78, 5) is 4.94. The van der Waals surface area contributed by atoms with E-state index < -0.39 is 0 Å². The van der Waals surface area contributed by atoms with E-state index in [0.717, 1.165) is 0 Å². The zero-order valence-corrected chi connectivity index (χ0v) is 13.0. The highest BCUT2D eigenvalue weighted by molar-refractivity contribution is 7.80. The van der Waals surface area contributed by atoms with Crippen LogP contribution in [-0.2, 0) is 0 Å². The van der Waals surface area contributed by atoms with Crippen LogP contribution < -0.4 is 5.32 Å². The first kappa shape index (κ1) is 14.4. The van der Waals surface area contributed by atoms with Crippen molar-refractivity contribution >= 4 is 51.8 Å². The molecule has 2 nitrogen and oxygen atoms in total. The summed E-state index contributed by atoms with van der Waals surface area (Å²) < 4.78 is 14.1. The first-order valence-corrected chi connectivity index (χ1v) is 7.31. The molecule has 0 atom stereocenters. The number of nitrogens with zero attached hydrogens (tertiary/aromatic N) is 1. The monoisotopic (exact) mass is 338 g/mol. The Morgan fingerprint density at radius 3 is 2.71 bits per heavy atom. The van der Waals surface area contributed by atoms with E-state index in [-0.39, 0.29) is 12.4 Å². The summed E-state index contributed by atoms with van der Waals surface area (Å²) >= 11 is 17.5. The molecular formula is C15H9Cl2FN2S. The van der Waals surface area contributed by atoms with Crippen molar-refractivity contribution in [2.75, 3.05) is 11.9 Å². The molecule has 0 aromatic heterocycles. The maximum Gasteiger partial charge on any atom is 0.132 e. The SMILES string of the molecule is Fc1ccccc1C1=NCC(=S)Nc2cc(Cl)cc(Cl)c21. The summed E-state index contributed by atoms with van der Waals surface area (Å²) in [6.07, 6.45) is 0. The summed E-state index contributed by atoms with van der Waals surface area (Å²) in [5.74, 6) is -0.360. The molecule has 0 fully saturated rings. The van der Waals surface area contributed by atoms with E-state index in [0.29, 0.717) is 37.6 Å². The predicted molar refractivity (Wildman–Crippen MR) is 89.6 cm³/mol. The van der Waals surface area contributed by atoms with E-state index in [1.165, 1.54) is 6.07 Å². The first-order valence-electron chi connectivity index (χ1n) is 6.15. The third-order valence-electron chi connectivity index (χ3n) is 3.08. The number of hydrogen-bond donors (Lipinski definition) is 1. The van der Waals surface area contributed by atoms with Crippen LogP contribution in [0.4, 0.5) is 10.1 Å². The van der Waals surface area contributed by atoms with Gasteiger partial charge in [0.2, 0.25) is 0 Å². The van der Waals surface area contributed by atoms with E-state index in [1.54, 1.807) is 30.3 Å². The number of aliphatic imine (C=N–C) groups is 1. The molecule has 2 aromatic carbocycles. The topological polar surface area (TPSA) is 24.4 Å². The van der Waals surface area contributed by atoms with Gasteiger partial charge in [-0.25, -0.2) is 4.39 Å². The Morgan fingerprint density at radius 1 is 1.19 bits per heavy atom. The first-order chi connectivity index (χ1) is 10.1. The maximum absolute atomic E-state index is 14.1. The summed E-state index contributed by atoms with van der Waals surface area (Å²) in [6, 6.07) is 9.74. The molecule has 0 saturated heterocycles. The van der Waals surface area contributed by atoms with Crippen molar-refractivity contribution in [2.24, 2.45) is 4.99 Å². The van der Waals surface area contributed by atoms with Gasteiger partial charge in [-0.2, -0.15) is 0 Å². The van der Waals surface area contributed by atoms with E-state index in [2.05, 4.69) is 10.3 Å². The normalized spacial score (nSPS) is 14.0. The van der Waals surface area contributed by atoms with E-state index in [1.807, 2.05) is 0 Å². The smallest absolute Gasteiger partial charge is 0.132 e. The number of fused-ring (bicyclic) bond motifs is 1. The lowest BCUT2D eigenvalue weighted by molar-refractivity contribution is 0.625. The van der Waals surface area contributed by atoms with Crippen molar-refractivity contribution < 1.29 is 4.39 Å². The second kappa shape index (κ2) is 5.72. The minimum atomic E-state index is -0.360. The van der Waals surface area contributed by atoms with Gasteiger partial charge in [0.05, 0.1) is 23.0 Å². The molecule has 0 bridgehead atoms. The Kier molecular flexibility index (Phi) is 3.93. The Hall–Kier alpha value is -1.49. The number of rotatable bonds is 1. The fourth-order valence-corrected chi connectivity index (χ4v) is 2.96. The predicted octanol–water partition coefficient (Wildman–Crippen LogP) is 4.72. The maximum atomic E-state index is 14.1. The average molecular weight is 339 g/mol. The van der Waals surface area contributed by atoms with Crippen LogP contribution in [0.5, 0.6) is 0 Å². The molecule has 0 unspecified atom stereocenters. The molecule has 1 heterocycles. The van der Waals surface area contributed by atoms with Gasteiger partial charge in [-0.3, -0.25) is 4.99 Å². The third-order valence-corrected chi connectivity index (χ3v) is 3.82. The van der Waals surface area contributed by atoms with Gasteiger partial charge in [0.25, 0.3) is 0 Å². The lowest BCUT2D eigenvalue weighted by Crippen LogP contribution is -2.11. The lowest BCUT2D eigenvalue weighted by atomic mass is 10.00. The molecule has 6 heteroatoms. The molecule has 0 amide bonds. The van der Waals surface area contributed by atoms with Crippen LogP contribution in [0.1, 0.15) is 11.1 Å². The standard InChI is InChI=1S/C15H9Cl2FN2S/c16-8-5-10(17)14-12(6-8)20-13(21)7-19-15(14)9-3-1-2-4-11(9)18/h1-6H,7H2,(H,20,21). The average Bonchev–Trinajstić information content (AvgIpc) is 2.58. The number of halogens is 3. The Labute approximate surface area is 136 Å². The summed E-state index contributed by atoms with van der Waals surface area (Å²) in [6.45, 7) is 0.266. The number of hydrogen-bond acceptors (Lipinski definition) is 2. The van der Waals surface area contributed by atoms with Crippen LogP contribution in [0.15, 0.2) is 41.4 Å². The quantitative estimate of drug-likeness (QED) is 0.760. The lowest BCUT2D eigenvalue weighted by Gasteiger charge is -2.13. The Balaban J connectivity index is 2.28. The second-order valence-electron chi connectivity index (χ2n) is 4.50. The molecule has 0 spiro atoms. The van der Waals surface area contributed by atoms with Crippen LogP contribution in [0, 0.1) is 5.82 Å². The van der Waals surface area contributed by atoms with Crippen LogP contribution >= 0.6 is 35.4 Å². The molecule has 3 rings (SSSR count). The minimum absolute atomic E-state index is 0.266. The zero-order valence-electron chi connectivity index (χ0n) is 10.7. The number of benzodiazepines with no additional fused rings is 1. The molecule has 1 aliphatic rings. The summed E-state index contributed by atoms with van der Waals surface area (Å²) in [7, 11) is 0. The highest BCUT2D eigenvalue weighted by atomic mass is 35.5. The molecule has 2 aromatic rings. The fraction of sp³-hybridized carbons (Fsp3) is 0.0667. The van der Waals surface area contributed by atoms with Gasteiger partial charge in [0.1, 0.15) is 10.8 Å². The van der Waals surface area contributed by atoms with E-state index >= 15 is 0 Å². The number of nitrogens with one attached hydrogen (secondary N) is 1. The molecule has 1 aliphatic heterocycles. The molecule has 21 heavy (non-hydrogen) atoms. The molecular weight excluding hydrogens is 330 g/mol. The third kappa shape index (κ3) is 2.79. The van der Waals surface area contributed by atoms with Gasteiger partial charge in [-0.15, -0.1) is 0 Å². The fourth-order valence-electron chi connectivity index (χ4n) is 2.21. The number of anilines is 1. The van der Waals surface area contributed by atoms with Crippen molar-refractivity contribution in [2.45, 2.75) is 0 Å². The van der Waals surface area contributed by atoms with Gasteiger partial charge in [-0.1, -0.05) is 47.6 Å². The van der Waals surface area contributed by atoms with Crippen LogP contribution in [0.25, 0.3) is 0 Å². The minimum Gasteiger partial charge on any atom is -0.348 e. The van der Waals surface area contributed by atoms with Crippen LogP contribution in [-0.4, -0.2) is 17.2 Å². The van der Waals surface area contributed by atoms with E-state index in [4.69, 9.17) is 35.4 Å². The largest absolute Gasteiger partial charge is 0.348 e. The van der Waals surface area contributed by atoms with Gasteiger partial charge in [-0.05, 0) is 24.3 Å². The van der Waals surface area contributed by atoms with Crippen LogP contribution in [0.2, 0.25) is 10.0 Å². The van der Waals surface area contributed by atoms with Gasteiger partial charge in [0, 0.05) is 16.1 Å². The van der Waals surface area contributed by atoms with Crippen molar-refractivity contribution in [1.29, 1.82) is 0 Å². The van der Waals surface area contributed by atoms with Crippen molar-refractivity contribution in [3.05, 3.63) is 63.4 Å². The molecule has 0 saturated carbocycles. The van der Waals surface area contributed by atoms with Crippen molar-refractivity contribution in [1.82, 2.24) is 0 Å². The zero-order chi connectivity index (χ0) is 15.0. The number of thiocarbonyl (C=S) groups is 1. The summed E-state index contributed by atoms with van der Waals surface area (Å²) in [5.41, 5.74) is 2.09. The van der Waals surface area contributed by atoms with Crippen molar-refractivity contribution in [3.63, 3.8) is 0 Å². The Morgan fingerprint density at radius 2 is 1.95 bits per heavy atom. The second-order valence-corrected chi connectivity index (χ2v) is 5.84. The van der Waals surface area contributed by atoms with Gasteiger partial charge < -0.3 is 5.32 Å². The molecule has 0 radical (unpaired) electrons. The molecule has 0 aliphatic carbocycles.